The van der Waals surface area contributed by atoms with E-state index in [9.17, 15) is 26.7 Å². The van der Waals surface area contributed by atoms with Crippen LogP contribution in [0.3, 0.4) is 0 Å². The molecule has 2 heterocycles. The second-order valence-electron chi connectivity index (χ2n) is 7.30. The Morgan fingerprint density at radius 3 is 2.38 bits per heavy atom. The van der Waals surface area contributed by atoms with E-state index in [1.165, 1.54) is 25.3 Å². The summed E-state index contributed by atoms with van der Waals surface area (Å²) in [5.41, 5.74) is 6.13. The zero-order chi connectivity index (χ0) is 23.6. The summed E-state index contributed by atoms with van der Waals surface area (Å²) < 4.78 is 66.8. The molecule has 3 N–H and O–H groups in total. The van der Waals surface area contributed by atoms with E-state index in [2.05, 4.69) is 15.3 Å². The Morgan fingerprint density at radius 1 is 1.06 bits per heavy atom. The number of halogens is 5. The van der Waals surface area contributed by atoms with E-state index in [1.54, 1.807) is 19.1 Å². The van der Waals surface area contributed by atoms with E-state index < -0.39 is 35.8 Å². The number of hydrogen-bond donors (Lipinski definition) is 2. The molecule has 1 aromatic carbocycles. The van der Waals surface area contributed by atoms with Crippen LogP contribution in [0.4, 0.5) is 22.0 Å². The molecule has 0 saturated heterocycles. The second-order valence-corrected chi connectivity index (χ2v) is 7.30. The fourth-order valence-corrected chi connectivity index (χ4v) is 3.03. The van der Waals surface area contributed by atoms with Gasteiger partial charge in [0.1, 0.15) is 17.7 Å². The van der Waals surface area contributed by atoms with Gasteiger partial charge in [0.2, 0.25) is 0 Å². The van der Waals surface area contributed by atoms with Crippen molar-refractivity contribution in [3.05, 3.63) is 82.8 Å². The number of carbonyl (C=O) groups excluding carboxylic acids is 1. The summed E-state index contributed by atoms with van der Waals surface area (Å²) >= 11 is 0. The van der Waals surface area contributed by atoms with Gasteiger partial charge in [-0.05, 0) is 49.2 Å². The zero-order valence-electron chi connectivity index (χ0n) is 17.0. The van der Waals surface area contributed by atoms with E-state index in [0.717, 1.165) is 17.8 Å². The van der Waals surface area contributed by atoms with Gasteiger partial charge in [0, 0.05) is 23.4 Å². The highest BCUT2D eigenvalue weighted by molar-refractivity contribution is 5.96. The number of amides is 1. The third-order valence-electron chi connectivity index (χ3n) is 4.73. The maximum Gasteiger partial charge on any atom is 0.407 e. The number of aryl methyl sites for hydroxylation is 1. The Balaban J connectivity index is 1.99. The van der Waals surface area contributed by atoms with Gasteiger partial charge in [0.15, 0.2) is 0 Å². The molecule has 2 atom stereocenters. The van der Waals surface area contributed by atoms with Crippen molar-refractivity contribution in [3.63, 3.8) is 0 Å². The van der Waals surface area contributed by atoms with Crippen LogP contribution >= 0.6 is 0 Å². The molecule has 0 bridgehead atoms. The fraction of sp³-hybridized carbons (Fsp3) is 0.227. The van der Waals surface area contributed by atoms with Gasteiger partial charge in [0.05, 0.1) is 23.6 Å². The first-order valence-electron chi connectivity index (χ1n) is 9.48. The monoisotopic (exact) mass is 450 g/mol. The van der Waals surface area contributed by atoms with Crippen LogP contribution in [0.25, 0.3) is 11.3 Å². The van der Waals surface area contributed by atoms with Gasteiger partial charge < -0.3 is 11.1 Å². The average molecular weight is 450 g/mol. The van der Waals surface area contributed by atoms with Gasteiger partial charge in [0.25, 0.3) is 5.91 Å². The quantitative estimate of drug-likeness (QED) is 0.548. The number of benzene rings is 1. The number of nitrogens with two attached hydrogens (primary N) is 1. The molecule has 3 rings (SSSR count). The van der Waals surface area contributed by atoms with Crippen molar-refractivity contribution in [1.29, 1.82) is 0 Å². The molecular weight excluding hydrogens is 431 g/mol. The van der Waals surface area contributed by atoms with Gasteiger partial charge in [-0.2, -0.15) is 13.2 Å². The minimum absolute atomic E-state index is 0.131. The third-order valence-corrected chi connectivity index (χ3v) is 4.73. The summed E-state index contributed by atoms with van der Waals surface area (Å²) in [5, 5.41) is 2.46. The molecule has 5 nitrogen and oxygen atoms in total. The van der Waals surface area contributed by atoms with Crippen molar-refractivity contribution in [1.82, 2.24) is 15.3 Å². The molecule has 1 amide bonds. The Bertz CT molecular complexity index is 1130. The van der Waals surface area contributed by atoms with Gasteiger partial charge in [-0.3, -0.25) is 14.8 Å². The highest BCUT2D eigenvalue weighted by Crippen LogP contribution is 2.33. The minimum atomic E-state index is -4.73. The fourth-order valence-electron chi connectivity index (χ4n) is 3.03. The molecule has 0 spiro atoms. The minimum Gasteiger partial charge on any atom is -0.344 e. The molecule has 10 heteroatoms. The zero-order valence-corrected chi connectivity index (χ0v) is 17.0. The van der Waals surface area contributed by atoms with Crippen LogP contribution in [0.2, 0.25) is 0 Å². The normalized spacial score (nSPS) is 13.5. The van der Waals surface area contributed by atoms with Gasteiger partial charge in [-0.25, -0.2) is 8.78 Å². The molecule has 0 aliphatic rings. The maximum absolute atomic E-state index is 14.0. The van der Waals surface area contributed by atoms with Gasteiger partial charge in [-0.1, -0.05) is 6.07 Å². The smallest absolute Gasteiger partial charge is 0.344 e. The van der Waals surface area contributed by atoms with Crippen LogP contribution in [0.15, 0.2) is 48.8 Å². The number of nitrogens with zero attached hydrogens (tertiary/aromatic N) is 2. The van der Waals surface area contributed by atoms with Crippen molar-refractivity contribution >= 4 is 5.91 Å². The van der Waals surface area contributed by atoms with E-state index in [0.29, 0.717) is 11.8 Å². The Kier molecular flexibility index (Phi) is 6.54. The topological polar surface area (TPSA) is 80.9 Å². The van der Waals surface area contributed by atoms with Crippen molar-refractivity contribution in [3.8, 4) is 11.3 Å². The van der Waals surface area contributed by atoms with Crippen LogP contribution in [0.5, 0.6) is 0 Å². The summed E-state index contributed by atoms with van der Waals surface area (Å²) in [6, 6.07) is 4.25. The highest BCUT2D eigenvalue weighted by Gasteiger charge is 2.38. The summed E-state index contributed by atoms with van der Waals surface area (Å²) in [6.45, 7) is 3.21. The summed E-state index contributed by atoms with van der Waals surface area (Å²) in [5.74, 6) is -2.63. The molecule has 0 fully saturated rings. The van der Waals surface area contributed by atoms with Crippen LogP contribution in [-0.4, -0.2) is 22.1 Å². The van der Waals surface area contributed by atoms with Crippen LogP contribution in [-0.2, 0) is 0 Å². The number of nitrogens with one attached hydrogen (secondary N) is 1. The Hall–Kier alpha value is -3.40. The third kappa shape index (κ3) is 5.25. The standard InChI is InChI=1S/C22H19F5N4O/c1-11-3-4-18(29-9-11)13-5-14(20(28)22(25,26)27)7-15(6-13)21(32)31-12(2)19-17(24)8-16(23)10-30-19/h3-10,12,20H,28H2,1-2H3,(H,31,32)/t12-,20?/m1/s1. The lowest BCUT2D eigenvalue weighted by atomic mass is 9.97. The molecule has 2 aromatic heterocycles. The van der Waals surface area contributed by atoms with E-state index in [-0.39, 0.29) is 22.4 Å². The predicted molar refractivity (Wildman–Crippen MR) is 107 cm³/mol. The van der Waals surface area contributed by atoms with Crippen LogP contribution in [0, 0.1) is 18.6 Å². The molecule has 32 heavy (non-hydrogen) atoms. The number of carbonyl (C=O) groups is 1. The second kappa shape index (κ2) is 8.99. The molecule has 3 aromatic rings. The van der Waals surface area contributed by atoms with Crippen molar-refractivity contribution in [2.45, 2.75) is 32.1 Å². The Morgan fingerprint density at radius 2 is 1.78 bits per heavy atom. The number of rotatable bonds is 5. The van der Waals surface area contributed by atoms with E-state index >= 15 is 0 Å². The maximum atomic E-state index is 14.0. The molecule has 0 radical (unpaired) electrons. The van der Waals surface area contributed by atoms with Crippen molar-refractivity contribution in [2.24, 2.45) is 5.73 Å². The van der Waals surface area contributed by atoms with Crippen molar-refractivity contribution in [2.75, 3.05) is 0 Å². The summed E-state index contributed by atoms with van der Waals surface area (Å²) in [4.78, 5) is 20.6. The SMILES string of the molecule is Cc1ccc(-c2cc(C(=O)N[C@H](C)c3ncc(F)cc3F)cc(C(N)C(F)(F)F)c2)nc1. The van der Waals surface area contributed by atoms with E-state index in [4.69, 9.17) is 5.73 Å². The lowest BCUT2D eigenvalue weighted by Crippen LogP contribution is -2.30. The highest BCUT2D eigenvalue weighted by atomic mass is 19.4. The number of pyridine rings is 2. The number of aromatic nitrogens is 2. The summed E-state index contributed by atoms with van der Waals surface area (Å²) in [7, 11) is 0. The molecular formula is C22H19F5N4O. The first-order valence-corrected chi connectivity index (χ1v) is 9.48. The van der Waals surface area contributed by atoms with Crippen LogP contribution < -0.4 is 11.1 Å². The number of alkyl halides is 3. The van der Waals surface area contributed by atoms with E-state index in [1.807, 2.05) is 0 Å². The molecule has 0 saturated carbocycles. The molecule has 0 aliphatic carbocycles. The Labute approximate surface area is 180 Å². The van der Waals surface area contributed by atoms with Crippen LogP contribution in [0.1, 0.15) is 46.2 Å². The lowest BCUT2D eigenvalue weighted by molar-refractivity contribution is -0.149. The predicted octanol–water partition coefficient (Wildman–Crippen LogP) is 4.78. The largest absolute Gasteiger partial charge is 0.407 e. The molecule has 0 aliphatic heterocycles. The lowest BCUT2D eigenvalue weighted by Gasteiger charge is -2.19. The average Bonchev–Trinajstić information content (AvgIpc) is 2.72. The molecule has 1 unspecified atom stereocenters. The first-order chi connectivity index (χ1) is 15.0. The first kappa shape index (κ1) is 23.3. The van der Waals surface area contributed by atoms with Gasteiger partial charge >= 0.3 is 6.18 Å². The van der Waals surface area contributed by atoms with Crippen molar-refractivity contribution < 1.29 is 26.7 Å². The summed E-state index contributed by atoms with van der Waals surface area (Å²) in [6.07, 6.45) is -2.40. The molecule has 168 valence electrons. The van der Waals surface area contributed by atoms with Gasteiger partial charge in [-0.15, -0.1) is 0 Å². The number of hydrogen-bond acceptors (Lipinski definition) is 4.